The lowest BCUT2D eigenvalue weighted by molar-refractivity contribution is 0.273. The molecule has 100 valence electrons. The minimum atomic E-state index is -0.791. The number of rotatable bonds is 2. The van der Waals surface area contributed by atoms with Crippen LogP contribution in [0.25, 0.3) is 0 Å². The third-order valence-electron chi connectivity index (χ3n) is 3.15. The Morgan fingerprint density at radius 1 is 1.39 bits per heavy atom. The Hall–Kier alpha value is -1.47. The van der Waals surface area contributed by atoms with E-state index in [-0.39, 0.29) is 17.7 Å². The largest absolute Gasteiger partial charge is 0.349 e. The lowest BCUT2D eigenvalue weighted by atomic mass is 10.2. The summed E-state index contributed by atoms with van der Waals surface area (Å²) in [6, 6.07) is 0.921. The summed E-state index contributed by atoms with van der Waals surface area (Å²) < 4.78 is 27.1. The number of nitrogens with one attached hydrogen (secondary N) is 1. The van der Waals surface area contributed by atoms with Gasteiger partial charge in [-0.15, -0.1) is 0 Å². The average Bonchev–Trinajstić information content (AvgIpc) is 2.30. The van der Waals surface area contributed by atoms with Crippen LogP contribution in [0.4, 0.5) is 20.4 Å². The van der Waals surface area contributed by atoms with Gasteiger partial charge in [0.25, 0.3) is 0 Å². The van der Waals surface area contributed by atoms with E-state index < -0.39 is 11.6 Å². The first-order valence-electron chi connectivity index (χ1n) is 5.80. The minimum Gasteiger partial charge on any atom is -0.349 e. The number of aromatic nitrogens is 1. The van der Waals surface area contributed by atoms with Gasteiger partial charge in [0.05, 0.1) is 0 Å². The van der Waals surface area contributed by atoms with Gasteiger partial charge in [0, 0.05) is 31.7 Å². The van der Waals surface area contributed by atoms with Crippen molar-refractivity contribution in [2.75, 3.05) is 37.0 Å². The van der Waals surface area contributed by atoms with Gasteiger partial charge in [-0.2, -0.15) is 0 Å². The molecule has 0 saturated carbocycles. The maximum Gasteiger partial charge on any atom is 0.178 e. The molecule has 1 aliphatic heterocycles. The zero-order valence-electron chi connectivity index (χ0n) is 10.5. The quantitative estimate of drug-likeness (QED) is 0.606. The van der Waals surface area contributed by atoms with E-state index >= 15 is 0 Å². The number of hydrogen-bond acceptors (Lipinski definition) is 5. The van der Waals surface area contributed by atoms with E-state index in [1.165, 1.54) is 0 Å². The van der Waals surface area contributed by atoms with E-state index in [4.69, 9.17) is 5.84 Å². The third kappa shape index (κ3) is 2.37. The Labute approximate surface area is 105 Å². The summed E-state index contributed by atoms with van der Waals surface area (Å²) >= 11 is 0. The Bertz CT molecular complexity index is 440. The first-order chi connectivity index (χ1) is 8.52. The van der Waals surface area contributed by atoms with E-state index in [1.807, 2.05) is 18.9 Å². The van der Waals surface area contributed by atoms with Crippen LogP contribution in [0.15, 0.2) is 6.07 Å². The van der Waals surface area contributed by atoms with Crippen LogP contribution in [0.2, 0.25) is 0 Å². The van der Waals surface area contributed by atoms with E-state index in [0.29, 0.717) is 6.54 Å². The number of nitrogen functional groups attached to an aromatic ring is 1. The zero-order chi connectivity index (χ0) is 13.3. The maximum atomic E-state index is 13.8. The van der Waals surface area contributed by atoms with Crippen molar-refractivity contribution in [3.63, 3.8) is 0 Å². The number of anilines is 2. The molecule has 18 heavy (non-hydrogen) atoms. The molecule has 0 aliphatic carbocycles. The predicted molar refractivity (Wildman–Crippen MR) is 66.3 cm³/mol. The first kappa shape index (κ1) is 13.0. The molecule has 1 aliphatic rings. The highest BCUT2D eigenvalue weighted by Gasteiger charge is 2.26. The van der Waals surface area contributed by atoms with E-state index in [1.54, 1.807) is 0 Å². The van der Waals surface area contributed by atoms with Crippen molar-refractivity contribution >= 4 is 11.6 Å². The van der Waals surface area contributed by atoms with Crippen LogP contribution < -0.4 is 16.2 Å². The van der Waals surface area contributed by atoms with Gasteiger partial charge in [0.1, 0.15) is 0 Å². The highest BCUT2D eigenvalue weighted by atomic mass is 19.1. The number of pyridine rings is 1. The zero-order valence-corrected chi connectivity index (χ0v) is 10.5. The molecule has 3 N–H and O–H groups in total. The van der Waals surface area contributed by atoms with E-state index in [9.17, 15) is 8.78 Å². The summed E-state index contributed by atoms with van der Waals surface area (Å²) in [5.41, 5.74) is 2.14. The summed E-state index contributed by atoms with van der Waals surface area (Å²) in [4.78, 5) is 7.90. The predicted octanol–water partition coefficient (Wildman–Crippen LogP) is 0.786. The first-order valence-corrected chi connectivity index (χ1v) is 5.80. The highest BCUT2D eigenvalue weighted by Crippen LogP contribution is 2.24. The number of hydrazine groups is 1. The van der Waals surface area contributed by atoms with Crippen molar-refractivity contribution in [3.8, 4) is 0 Å². The van der Waals surface area contributed by atoms with Crippen LogP contribution >= 0.6 is 0 Å². The van der Waals surface area contributed by atoms with E-state index in [0.717, 1.165) is 19.2 Å². The SMILES string of the molecule is CC1CN(C)CCN1c1nc(NN)c(F)cc1F. The molecule has 7 heteroatoms. The molecule has 5 nitrogen and oxygen atoms in total. The smallest absolute Gasteiger partial charge is 0.178 e. The minimum absolute atomic E-state index is 0.113. The topological polar surface area (TPSA) is 57.4 Å². The molecule has 1 unspecified atom stereocenters. The molecule has 0 aromatic carbocycles. The lowest BCUT2D eigenvalue weighted by Crippen LogP contribution is -2.51. The Morgan fingerprint density at radius 2 is 2.11 bits per heavy atom. The van der Waals surface area contributed by atoms with Crippen LogP contribution in [-0.2, 0) is 0 Å². The molecule has 2 rings (SSSR count). The fourth-order valence-corrected chi connectivity index (χ4v) is 2.21. The number of nitrogens with zero attached hydrogens (tertiary/aromatic N) is 3. The van der Waals surface area contributed by atoms with Crippen LogP contribution in [0.3, 0.4) is 0 Å². The third-order valence-corrected chi connectivity index (χ3v) is 3.15. The van der Waals surface area contributed by atoms with Gasteiger partial charge in [0.15, 0.2) is 23.3 Å². The van der Waals surface area contributed by atoms with Crippen molar-refractivity contribution in [2.45, 2.75) is 13.0 Å². The number of piperazine rings is 1. The van der Waals surface area contributed by atoms with Crippen LogP contribution in [-0.4, -0.2) is 42.6 Å². The maximum absolute atomic E-state index is 13.8. The normalized spacial score (nSPS) is 21.2. The van der Waals surface area contributed by atoms with Gasteiger partial charge in [-0.3, -0.25) is 0 Å². The summed E-state index contributed by atoms with van der Waals surface area (Å²) in [6.45, 7) is 4.25. The molecule has 1 fully saturated rings. The van der Waals surface area contributed by atoms with Gasteiger partial charge in [0.2, 0.25) is 0 Å². The van der Waals surface area contributed by atoms with Crippen molar-refractivity contribution in [1.29, 1.82) is 0 Å². The fourth-order valence-electron chi connectivity index (χ4n) is 2.21. The molecular formula is C11H17F2N5. The standard InChI is InChI=1S/C11H17F2N5/c1-7-6-17(2)3-4-18(7)11-9(13)5-8(12)10(15-11)16-14/h5,7H,3-4,6,14H2,1-2H3,(H,15,16). The number of halogens is 2. The van der Waals surface area contributed by atoms with Gasteiger partial charge in [-0.05, 0) is 14.0 Å². The monoisotopic (exact) mass is 257 g/mol. The molecule has 0 spiro atoms. The Kier molecular flexibility index (Phi) is 3.63. The molecule has 0 amide bonds. The van der Waals surface area contributed by atoms with Crippen molar-refractivity contribution in [2.24, 2.45) is 5.84 Å². The molecule has 1 atom stereocenters. The number of hydrogen-bond donors (Lipinski definition) is 2. The number of nitrogens with two attached hydrogens (primary N) is 1. The van der Waals surface area contributed by atoms with E-state index in [2.05, 4.69) is 15.3 Å². The molecular weight excluding hydrogens is 240 g/mol. The second-order valence-electron chi connectivity index (χ2n) is 4.57. The second kappa shape index (κ2) is 5.03. The average molecular weight is 257 g/mol. The van der Waals surface area contributed by atoms with Gasteiger partial charge >= 0.3 is 0 Å². The second-order valence-corrected chi connectivity index (χ2v) is 4.57. The summed E-state index contributed by atoms with van der Waals surface area (Å²) in [5.74, 6) is 3.70. The summed E-state index contributed by atoms with van der Waals surface area (Å²) in [7, 11) is 2.01. The van der Waals surface area contributed by atoms with Crippen LogP contribution in [0.5, 0.6) is 0 Å². The van der Waals surface area contributed by atoms with Crippen molar-refractivity contribution in [3.05, 3.63) is 17.7 Å². The van der Waals surface area contributed by atoms with Gasteiger partial charge in [-0.1, -0.05) is 0 Å². The van der Waals surface area contributed by atoms with Crippen molar-refractivity contribution < 1.29 is 8.78 Å². The van der Waals surface area contributed by atoms with Crippen LogP contribution in [0, 0.1) is 11.6 Å². The lowest BCUT2D eigenvalue weighted by Gasteiger charge is -2.39. The highest BCUT2D eigenvalue weighted by molar-refractivity contribution is 5.49. The molecule has 0 radical (unpaired) electrons. The summed E-state index contributed by atoms with van der Waals surface area (Å²) in [6.07, 6.45) is 0. The molecule has 0 bridgehead atoms. The summed E-state index contributed by atoms with van der Waals surface area (Å²) in [5, 5.41) is 0. The molecule has 1 saturated heterocycles. The van der Waals surface area contributed by atoms with Crippen molar-refractivity contribution in [1.82, 2.24) is 9.88 Å². The number of likely N-dealkylation sites (N-methyl/N-ethyl adjacent to an activating group) is 1. The van der Waals surface area contributed by atoms with Gasteiger partial charge < -0.3 is 15.2 Å². The Morgan fingerprint density at radius 3 is 2.72 bits per heavy atom. The Balaban J connectivity index is 2.32. The fraction of sp³-hybridized carbons (Fsp3) is 0.545. The molecule has 1 aromatic rings. The molecule has 1 aromatic heterocycles. The molecule has 2 heterocycles. The van der Waals surface area contributed by atoms with Gasteiger partial charge in [-0.25, -0.2) is 19.6 Å². The van der Waals surface area contributed by atoms with Crippen LogP contribution in [0.1, 0.15) is 6.92 Å².